The third-order valence-corrected chi connectivity index (χ3v) is 5.90. The number of hydrogen-bond donors (Lipinski definition) is 1. The molecule has 0 radical (unpaired) electrons. The van der Waals surface area contributed by atoms with Crippen LogP contribution < -0.4 is 5.46 Å². The third-order valence-electron chi connectivity index (χ3n) is 5.90. The van der Waals surface area contributed by atoms with Crippen molar-refractivity contribution in [3.05, 3.63) is 23.8 Å². The first-order valence-electron chi connectivity index (χ1n) is 8.96. The summed E-state index contributed by atoms with van der Waals surface area (Å²) in [7, 11) is -0.486. The largest absolute Gasteiger partial charge is 0.508 e. The molecule has 126 valence electrons. The van der Waals surface area contributed by atoms with Crippen molar-refractivity contribution >= 4 is 12.6 Å². The van der Waals surface area contributed by atoms with Gasteiger partial charge in [0.15, 0.2) is 0 Å². The van der Waals surface area contributed by atoms with Crippen LogP contribution in [0.1, 0.15) is 65.4 Å². The van der Waals surface area contributed by atoms with Crippen LogP contribution in [0, 0.1) is 5.92 Å². The van der Waals surface area contributed by atoms with Gasteiger partial charge in [-0.25, -0.2) is 0 Å². The molecule has 1 aliphatic carbocycles. The zero-order valence-electron chi connectivity index (χ0n) is 14.9. The van der Waals surface area contributed by atoms with E-state index in [1.54, 1.807) is 6.07 Å². The topological polar surface area (TPSA) is 38.7 Å². The molecule has 1 heterocycles. The summed E-state index contributed by atoms with van der Waals surface area (Å²) in [5, 5.41) is 10.5. The monoisotopic (exact) mass is 316 g/mol. The van der Waals surface area contributed by atoms with E-state index in [1.165, 1.54) is 37.7 Å². The molecule has 0 aromatic heterocycles. The van der Waals surface area contributed by atoms with E-state index in [2.05, 4.69) is 6.07 Å². The van der Waals surface area contributed by atoms with Gasteiger partial charge in [0.1, 0.15) is 5.75 Å². The van der Waals surface area contributed by atoms with E-state index < -0.39 is 7.12 Å². The molecule has 0 spiro atoms. The standard InChI is InChI=1S/C19H29BO3/c1-18(2)19(3,4)23-20(22-18)17-15(11-8-12-16(17)21)13-14-9-6-5-7-10-14/h8,11-12,14,21H,5-7,9-10,13H2,1-4H3. The van der Waals surface area contributed by atoms with E-state index in [9.17, 15) is 5.11 Å². The fourth-order valence-electron chi connectivity index (χ4n) is 3.71. The van der Waals surface area contributed by atoms with Gasteiger partial charge in [-0.05, 0) is 51.7 Å². The summed E-state index contributed by atoms with van der Waals surface area (Å²) in [6.07, 6.45) is 7.61. The van der Waals surface area contributed by atoms with Crippen LogP contribution in [0.2, 0.25) is 0 Å². The van der Waals surface area contributed by atoms with Crippen molar-refractivity contribution in [3.8, 4) is 5.75 Å². The van der Waals surface area contributed by atoms with Crippen LogP contribution in [-0.4, -0.2) is 23.4 Å². The molecule has 1 aliphatic heterocycles. The maximum Gasteiger partial charge on any atom is 0.498 e. The number of rotatable bonds is 3. The Hall–Kier alpha value is -0.995. The van der Waals surface area contributed by atoms with Crippen LogP contribution >= 0.6 is 0 Å². The lowest BCUT2D eigenvalue weighted by Crippen LogP contribution is -2.41. The predicted octanol–water partition coefficient (Wildman–Crippen LogP) is 3.81. The van der Waals surface area contributed by atoms with Crippen LogP contribution in [-0.2, 0) is 15.7 Å². The van der Waals surface area contributed by atoms with Crippen LogP contribution in [0.5, 0.6) is 5.75 Å². The third kappa shape index (κ3) is 3.29. The Morgan fingerprint density at radius 2 is 1.65 bits per heavy atom. The highest BCUT2D eigenvalue weighted by molar-refractivity contribution is 6.63. The Balaban J connectivity index is 1.87. The lowest BCUT2D eigenvalue weighted by atomic mass is 9.72. The van der Waals surface area contributed by atoms with E-state index in [4.69, 9.17) is 9.31 Å². The molecule has 4 heteroatoms. The summed E-state index contributed by atoms with van der Waals surface area (Å²) in [6, 6.07) is 5.79. The molecule has 23 heavy (non-hydrogen) atoms. The molecular formula is C19H29BO3. The van der Waals surface area contributed by atoms with Gasteiger partial charge < -0.3 is 14.4 Å². The molecule has 0 atom stereocenters. The van der Waals surface area contributed by atoms with Gasteiger partial charge in [0.05, 0.1) is 11.2 Å². The number of phenolic OH excluding ortho intramolecular Hbond substituents is 1. The molecular weight excluding hydrogens is 287 g/mol. The van der Waals surface area contributed by atoms with Crippen LogP contribution in [0.25, 0.3) is 0 Å². The zero-order valence-corrected chi connectivity index (χ0v) is 14.9. The van der Waals surface area contributed by atoms with Gasteiger partial charge in [-0.15, -0.1) is 0 Å². The zero-order chi connectivity index (χ0) is 16.7. The second kappa shape index (κ2) is 6.14. The molecule has 1 aromatic carbocycles. The average Bonchev–Trinajstić information content (AvgIpc) is 2.68. The lowest BCUT2D eigenvalue weighted by Gasteiger charge is -2.32. The highest BCUT2D eigenvalue weighted by Gasteiger charge is 2.53. The van der Waals surface area contributed by atoms with Crippen LogP contribution in [0.4, 0.5) is 0 Å². The van der Waals surface area contributed by atoms with Crippen molar-refractivity contribution in [1.29, 1.82) is 0 Å². The maximum absolute atomic E-state index is 10.5. The number of aromatic hydroxyl groups is 1. The van der Waals surface area contributed by atoms with E-state index in [0.29, 0.717) is 5.92 Å². The molecule has 0 unspecified atom stereocenters. The Labute approximate surface area is 140 Å². The summed E-state index contributed by atoms with van der Waals surface area (Å²) >= 11 is 0. The summed E-state index contributed by atoms with van der Waals surface area (Å²) in [5.41, 5.74) is 1.23. The minimum atomic E-state index is -0.486. The van der Waals surface area contributed by atoms with Gasteiger partial charge in [0, 0.05) is 5.46 Å². The molecule has 1 N–H and O–H groups in total. The maximum atomic E-state index is 10.5. The smallest absolute Gasteiger partial charge is 0.498 e. The van der Waals surface area contributed by atoms with E-state index >= 15 is 0 Å². The first-order chi connectivity index (χ1) is 10.8. The fraction of sp³-hybridized carbons (Fsp3) is 0.684. The number of benzene rings is 1. The molecule has 0 bridgehead atoms. The van der Waals surface area contributed by atoms with E-state index in [-0.39, 0.29) is 17.0 Å². The van der Waals surface area contributed by atoms with Gasteiger partial charge in [-0.1, -0.05) is 44.2 Å². The number of phenols is 1. The van der Waals surface area contributed by atoms with Crippen molar-refractivity contribution in [3.63, 3.8) is 0 Å². The van der Waals surface area contributed by atoms with Crippen LogP contribution in [0.15, 0.2) is 18.2 Å². The minimum Gasteiger partial charge on any atom is -0.508 e. The Morgan fingerprint density at radius 1 is 1.04 bits per heavy atom. The van der Waals surface area contributed by atoms with Crippen molar-refractivity contribution < 1.29 is 14.4 Å². The molecule has 1 saturated heterocycles. The van der Waals surface area contributed by atoms with Crippen LogP contribution in [0.3, 0.4) is 0 Å². The van der Waals surface area contributed by atoms with E-state index in [1.807, 2.05) is 33.8 Å². The summed E-state index contributed by atoms with van der Waals surface area (Å²) in [5.74, 6) is 1.00. The van der Waals surface area contributed by atoms with Crippen molar-refractivity contribution in [1.82, 2.24) is 0 Å². The van der Waals surface area contributed by atoms with Gasteiger partial charge in [-0.3, -0.25) is 0 Å². The number of hydrogen-bond acceptors (Lipinski definition) is 3. The first kappa shape index (κ1) is 16.8. The van der Waals surface area contributed by atoms with Crippen molar-refractivity contribution in [2.45, 2.75) is 77.4 Å². The molecule has 1 saturated carbocycles. The predicted molar refractivity (Wildman–Crippen MR) is 94.1 cm³/mol. The van der Waals surface area contributed by atoms with Gasteiger partial charge in [0.2, 0.25) is 0 Å². The Kier molecular flexibility index (Phi) is 4.50. The SMILES string of the molecule is CC1(C)OB(c2c(O)cccc2CC2CCCCC2)OC1(C)C. The normalized spacial score (nSPS) is 24.1. The second-order valence-corrected chi connectivity index (χ2v) is 8.15. The van der Waals surface area contributed by atoms with Gasteiger partial charge in [0.25, 0.3) is 0 Å². The van der Waals surface area contributed by atoms with Gasteiger partial charge in [-0.2, -0.15) is 0 Å². The summed E-state index contributed by atoms with van der Waals surface area (Å²) < 4.78 is 12.4. The highest BCUT2D eigenvalue weighted by Crippen LogP contribution is 2.38. The summed E-state index contributed by atoms with van der Waals surface area (Å²) in [6.45, 7) is 8.20. The second-order valence-electron chi connectivity index (χ2n) is 8.15. The fourth-order valence-corrected chi connectivity index (χ4v) is 3.71. The first-order valence-corrected chi connectivity index (χ1v) is 8.96. The Morgan fingerprint density at radius 3 is 2.26 bits per heavy atom. The Bertz CT molecular complexity index is 546. The lowest BCUT2D eigenvalue weighted by molar-refractivity contribution is 0.00578. The molecule has 2 fully saturated rings. The molecule has 2 aliphatic rings. The molecule has 0 amide bonds. The molecule has 3 rings (SSSR count). The quantitative estimate of drug-likeness (QED) is 0.862. The molecule has 1 aromatic rings. The van der Waals surface area contributed by atoms with Crippen molar-refractivity contribution in [2.24, 2.45) is 5.92 Å². The average molecular weight is 316 g/mol. The van der Waals surface area contributed by atoms with Gasteiger partial charge >= 0.3 is 7.12 Å². The summed E-state index contributed by atoms with van der Waals surface area (Å²) in [4.78, 5) is 0. The highest BCUT2D eigenvalue weighted by atomic mass is 16.7. The van der Waals surface area contributed by atoms with Crippen molar-refractivity contribution in [2.75, 3.05) is 0 Å². The van der Waals surface area contributed by atoms with E-state index in [0.717, 1.165) is 11.9 Å². The molecule has 3 nitrogen and oxygen atoms in total. The minimum absolute atomic E-state index is 0.289.